The van der Waals surface area contributed by atoms with Gasteiger partial charge in [0.05, 0.1) is 13.7 Å². The van der Waals surface area contributed by atoms with Crippen LogP contribution >= 0.6 is 0 Å². The third-order valence-electron chi connectivity index (χ3n) is 4.76. The Morgan fingerprint density at radius 2 is 2.19 bits per heavy atom. The van der Waals surface area contributed by atoms with Crippen molar-refractivity contribution in [1.82, 2.24) is 9.88 Å². The summed E-state index contributed by atoms with van der Waals surface area (Å²) in [5, 5.41) is 0. The Morgan fingerprint density at radius 3 is 2.74 bits per heavy atom. The van der Waals surface area contributed by atoms with Crippen molar-refractivity contribution in [3.63, 3.8) is 0 Å². The van der Waals surface area contributed by atoms with Crippen LogP contribution in [-0.4, -0.2) is 56.1 Å². The number of hydrogen-bond donors (Lipinski definition) is 0. The molecule has 168 valence electrons. The standard InChI is InChI=1S/C13H21NO2.C13H15NO/c1-3-5-12(7-8-15)10-14(2)13-6-4-9-16-11-13;1-4-5-6-11(2)9-12-7-8-13(15-3)14-10-12/h3,5,7-8,13H,4,6,9-11H2,1-2H3;4-8,10H,1-2,9H2,3H3/b5-3+,12-7-;6-5+. The maximum atomic E-state index is 10.5. The fraction of sp³-hybridized carbons (Fsp3) is 0.385. The molecule has 0 saturated carbocycles. The third kappa shape index (κ3) is 11.3. The topological polar surface area (TPSA) is 51.7 Å². The zero-order valence-electron chi connectivity index (χ0n) is 19.1. The monoisotopic (exact) mass is 424 g/mol. The molecular weight excluding hydrogens is 388 g/mol. The van der Waals surface area contributed by atoms with Crippen LogP contribution in [0, 0.1) is 0 Å². The van der Waals surface area contributed by atoms with E-state index in [4.69, 9.17) is 9.47 Å². The van der Waals surface area contributed by atoms with Crippen molar-refractivity contribution in [2.75, 3.05) is 33.9 Å². The highest BCUT2D eigenvalue weighted by molar-refractivity contribution is 5.67. The molecule has 1 fully saturated rings. The highest BCUT2D eigenvalue weighted by Gasteiger charge is 2.18. The van der Waals surface area contributed by atoms with Crippen LogP contribution < -0.4 is 4.74 Å². The number of nitrogens with zero attached hydrogens (tertiary/aromatic N) is 2. The number of hydrogen-bond acceptors (Lipinski definition) is 5. The van der Waals surface area contributed by atoms with Gasteiger partial charge in [-0.15, -0.1) is 0 Å². The van der Waals surface area contributed by atoms with Crippen LogP contribution in [0.1, 0.15) is 25.3 Å². The van der Waals surface area contributed by atoms with E-state index in [2.05, 4.69) is 30.1 Å². The normalized spacial score (nSPS) is 16.8. The minimum absolute atomic E-state index is 0.481. The van der Waals surface area contributed by atoms with Crippen LogP contribution in [0.2, 0.25) is 0 Å². The molecule has 1 aromatic rings. The van der Waals surface area contributed by atoms with Crippen LogP contribution in [0.4, 0.5) is 0 Å². The molecule has 2 heterocycles. The summed E-state index contributed by atoms with van der Waals surface area (Å²) in [5.41, 5.74) is 3.20. The summed E-state index contributed by atoms with van der Waals surface area (Å²) in [6, 6.07) is 4.31. The van der Waals surface area contributed by atoms with Gasteiger partial charge in [0, 0.05) is 31.5 Å². The quantitative estimate of drug-likeness (QED) is 0.309. The Bertz CT molecular complexity index is 757. The molecule has 31 heavy (non-hydrogen) atoms. The Morgan fingerprint density at radius 1 is 1.39 bits per heavy atom. The maximum Gasteiger partial charge on any atom is 0.212 e. The summed E-state index contributed by atoms with van der Waals surface area (Å²) < 4.78 is 10.4. The predicted molar refractivity (Wildman–Crippen MR) is 128 cm³/mol. The molecule has 2 rings (SSSR count). The first-order valence-electron chi connectivity index (χ1n) is 10.5. The lowest BCUT2D eigenvalue weighted by Crippen LogP contribution is -2.39. The highest BCUT2D eigenvalue weighted by atomic mass is 16.5. The van der Waals surface area contributed by atoms with E-state index >= 15 is 0 Å². The number of rotatable bonds is 10. The number of allylic oxidation sites excluding steroid dienone is 6. The molecule has 0 aromatic carbocycles. The van der Waals surface area contributed by atoms with E-state index in [0.29, 0.717) is 11.9 Å². The van der Waals surface area contributed by atoms with Crippen LogP contribution in [0.3, 0.4) is 0 Å². The predicted octanol–water partition coefficient (Wildman–Crippen LogP) is 4.73. The van der Waals surface area contributed by atoms with E-state index in [0.717, 1.165) is 55.6 Å². The first-order valence-corrected chi connectivity index (χ1v) is 10.5. The average Bonchev–Trinajstić information content (AvgIpc) is 2.79. The molecule has 1 saturated heterocycles. The number of pyridine rings is 1. The van der Waals surface area contributed by atoms with Crippen molar-refractivity contribution in [3.05, 3.63) is 84.7 Å². The van der Waals surface area contributed by atoms with E-state index in [1.807, 2.05) is 43.4 Å². The second-order valence-corrected chi connectivity index (χ2v) is 7.30. The number of aromatic nitrogens is 1. The van der Waals surface area contributed by atoms with Gasteiger partial charge in [0.15, 0.2) is 0 Å². The minimum Gasteiger partial charge on any atom is -0.481 e. The molecule has 1 atom stereocenters. The molecule has 0 aliphatic carbocycles. The molecule has 1 aliphatic rings. The van der Waals surface area contributed by atoms with E-state index in [1.54, 1.807) is 25.5 Å². The first-order chi connectivity index (χ1) is 15.0. The lowest BCUT2D eigenvalue weighted by molar-refractivity contribution is -0.104. The summed E-state index contributed by atoms with van der Waals surface area (Å²) in [4.78, 5) is 16.9. The van der Waals surface area contributed by atoms with Crippen molar-refractivity contribution in [2.24, 2.45) is 0 Å². The van der Waals surface area contributed by atoms with Crippen LogP contribution in [-0.2, 0) is 16.0 Å². The number of methoxy groups -OCH3 is 1. The Balaban J connectivity index is 0.000000311. The van der Waals surface area contributed by atoms with Gasteiger partial charge in [-0.25, -0.2) is 4.98 Å². The van der Waals surface area contributed by atoms with Gasteiger partial charge in [0.2, 0.25) is 5.88 Å². The molecule has 5 nitrogen and oxygen atoms in total. The van der Waals surface area contributed by atoms with E-state index in [9.17, 15) is 4.79 Å². The van der Waals surface area contributed by atoms with Gasteiger partial charge in [-0.05, 0) is 50.4 Å². The summed E-state index contributed by atoms with van der Waals surface area (Å²) in [5.74, 6) is 0.631. The zero-order chi connectivity index (χ0) is 22.9. The van der Waals surface area contributed by atoms with E-state index < -0.39 is 0 Å². The van der Waals surface area contributed by atoms with Crippen molar-refractivity contribution in [3.8, 4) is 5.88 Å². The summed E-state index contributed by atoms with van der Waals surface area (Å²) in [6.07, 6.45) is 16.9. The van der Waals surface area contributed by atoms with Crippen molar-refractivity contribution >= 4 is 6.29 Å². The van der Waals surface area contributed by atoms with E-state index in [-0.39, 0.29) is 0 Å². The van der Waals surface area contributed by atoms with Gasteiger partial charge in [0.1, 0.15) is 6.29 Å². The summed E-state index contributed by atoms with van der Waals surface area (Å²) >= 11 is 0. The number of ether oxygens (including phenoxy) is 2. The lowest BCUT2D eigenvalue weighted by atomic mass is 10.1. The molecule has 0 radical (unpaired) electrons. The van der Waals surface area contributed by atoms with Crippen molar-refractivity contribution in [1.29, 1.82) is 0 Å². The molecule has 1 aromatic heterocycles. The van der Waals surface area contributed by atoms with Gasteiger partial charge in [-0.3, -0.25) is 9.69 Å². The third-order valence-corrected chi connectivity index (χ3v) is 4.76. The van der Waals surface area contributed by atoms with Crippen molar-refractivity contribution in [2.45, 2.75) is 32.2 Å². The van der Waals surface area contributed by atoms with Crippen molar-refractivity contribution < 1.29 is 14.3 Å². The van der Waals surface area contributed by atoms with Crippen LogP contribution in [0.5, 0.6) is 5.88 Å². The maximum absolute atomic E-state index is 10.5. The minimum atomic E-state index is 0.481. The van der Waals surface area contributed by atoms with Crippen LogP contribution in [0.25, 0.3) is 0 Å². The SMILES string of the molecule is C/C=C/C(=C/C=O)CN(C)C1CCCOC1.C=C/C=C/C(=C)Cc1ccc(OC)nc1. The molecule has 1 unspecified atom stereocenters. The number of aldehydes is 1. The van der Waals surface area contributed by atoms with Gasteiger partial charge in [-0.2, -0.15) is 0 Å². The van der Waals surface area contributed by atoms with Gasteiger partial charge in [0.25, 0.3) is 0 Å². The smallest absolute Gasteiger partial charge is 0.212 e. The largest absolute Gasteiger partial charge is 0.481 e. The molecule has 0 amide bonds. The second-order valence-electron chi connectivity index (χ2n) is 7.30. The van der Waals surface area contributed by atoms with E-state index in [1.165, 1.54) is 6.42 Å². The van der Waals surface area contributed by atoms with Gasteiger partial charge < -0.3 is 9.47 Å². The van der Waals surface area contributed by atoms with Crippen LogP contribution in [0.15, 0.2) is 79.1 Å². The van der Waals surface area contributed by atoms with Gasteiger partial charge >= 0.3 is 0 Å². The second kappa shape index (κ2) is 16.0. The molecule has 0 bridgehead atoms. The Labute approximate surface area is 187 Å². The molecular formula is C26H36N2O3. The average molecular weight is 425 g/mol. The Hall–Kier alpha value is -2.76. The highest BCUT2D eigenvalue weighted by Crippen LogP contribution is 2.13. The summed E-state index contributed by atoms with van der Waals surface area (Å²) in [6.45, 7) is 12.0. The molecule has 1 aliphatic heterocycles. The molecule has 5 heteroatoms. The lowest BCUT2D eigenvalue weighted by Gasteiger charge is -2.31. The Kier molecular flexibility index (Phi) is 13.6. The summed E-state index contributed by atoms with van der Waals surface area (Å²) in [7, 11) is 3.69. The first kappa shape index (κ1) is 26.3. The fourth-order valence-corrected chi connectivity index (χ4v) is 3.11. The zero-order valence-corrected chi connectivity index (χ0v) is 19.1. The fourth-order valence-electron chi connectivity index (χ4n) is 3.11. The molecule has 0 spiro atoms. The number of carbonyl (C=O) groups excluding carboxylic acids is 1. The molecule has 0 N–H and O–H groups in total. The number of carbonyl (C=O) groups is 1. The number of likely N-dealkylation sites (N-methyl/N-ethyl adjacent to an activating group) is 1. The van der Waals surface area contributed by atoms with Gasteiger partial charge in [-0.1, -0.05) is 55.2 Å².